The van der Waals surface area contributed by atoms with E-state index in [-0.39, 0.29) is 12.1 Å². The van der Waals surface area contributed by atoms with E-state index in [9.17, 15) is 9.59 Å². The molecule has 0 saturated heterocycles. The van der Waals surface area contributed by atoms with Crippen LogP contribution in [0.15, 0.2) is 41.2 Å². The van der Waals surface area contributed by atoms with Crippen LogP contribution in [0, 0.1) is 12.8 Å². The highest BCUT2D eigenvalue weighted by atomic mass is 16.4. The first-order valence-electron chi connectivity index (χ1n) is 11.5. The summed E-state index contributed by atoms with van der Waals surface area (Å²) in [4.78, 5) is 27.6. The van der Waals surface area contributed by atoms with Gasteiger partial charge in [-0.3, -0.25) is 9.59 Å². The number of H-pyrrole nitrogens is 1. The number of tetrazole rings is 1. The molecule has 3 aromatic rings. The third kappa shape index (κ3) is 5.10. The molecule has 0 radical (unpaired) electrons. The third-order valence-corrected chi connectivity index (χ3v) is 6.31. The predicted octanol–water partition coefficient (Wildman–Crippen LogP) is 3.26. The largest absolute Gasteiger partial charge is 0.480 e. The number of nitrogens with one attached hydrogen (secondary N) is 1. The van der Waals surface area contributed by atoms with E-state index in [2.05, 4.69) is 57.7 Å². The minimum atomic E-state index is -0.996. The monoisotopic (exact) mass is 445 g/mol. The highest BCUT2D eigenvalue weighted by Gasteiger charge is 2.27. The number of aromatic amines is 1. The smallest absolute Gasteiger partial charge is 0.327 e. The molecule has 2 N–H and O–H groups in total. The van der Waals surface area contributed by atoms with Crippen LogP contribution in [-0.4, -0.2) is 36.3 Å². The molecule has 0 amide bonds. The van der Waals surface area contributed by atoms with Crippen molar-refractivity contribution in [1.29, 1.82) is 0 Å². The van der Waals surface area contributed by atoms with Gasteiger partial charge in [-0.25, -0.2) is 0 Å². The van der Waals surface area contributed by atoms with Gasteiger partial charge in [-0.2, -0.15) is 4.80 Å². The number of benzene rings is 1. The van der Waals surface area contributed by atoms with Crippen LogP contribution < -0.4 is 5.56 Å². The summed E-state index contributed by atoms with van der Waals surface area (Å²) < 4.78 is 0. The Morgan fingerprint density at radius 1 is 1.18 bits per heavy atom. The van der Waals surface area contributed by atoms with Crippen LogP contribution in [0.5, 0.6) is 0 Å². The van der Waals surface area contributed by atoms with Gasteiger partial charge in [0.25, 0.3) is 5.56 Å². The van der Waals surface area contributed by atoms with Gasteiger partial charge in [-0.05, 0) is 78.8 Å². The Balaban J connectivity index is 1.35. The van der Waals surface area contributed by atoms with Gasteiger partial charge < -0.3 is 10.1 Å². The molecule has 5 rings (SSSR count). The van der Waals surface area contributed by atoms with Crippen molar-refractivity contribution in [3.8, 4) is 0 Å². The summed E-state index contributed by atoms with van der Waals surface area (Å²) in [5.74, 6) is 0.540. The Kier molecular flexibility index (Phi) is 5.66. The first kappa shape index (κ1) is 21.3. The first-order valence-corrected chi connectivity index (χ1v) is 11.5. The number of carboxylic acids is 1. The zero-order valence-corrected chi connectivity index (χ0v) is 18.6. The predicted molar refractivity (Wildman–Crippen MR) is 123 cm³/mol. The van der Waals surface area contributed by atoms with Gasteiger partial charge >= 0.3 is 5.97 Å². The average Bonchev–Trinajstić information content (AvgIpc) is 3.70. The minimum Gasteiger partial charge on any atom is -0.480 e. The summed E-state index contributed by atoms with van der Waals surface area (Å²) in [5.41, 5.74) is 6.34. The normalized spacial score (nSPS) is 16.2. The van der Waals surface area contributed by atoms with Crippen LogP contribution in [0.2, 0.25) is 0 Å². The maximum Gasteiger partial charge on any atom is 0.327 e. The lowest BCUT2D eigenvalue weighted by Gasteiger charge is -2.13. The van der Waals surface area contributed by atoms with Crippen LogP contribution >= 0.6 is 0 Å². The number of hydrogen-bond acceptors (Lipinski definition) is 5. The van der Waals surface area contributed by atoms with E-state index >= 15 is 0 Å². The summed E-state index contributed by atoms with van der Waals surface area (Å²) in [6.45, 7) is 1.79. The van der Waals surface area contributed by atoms with Crippen molar-refractivity contribution in [2.75, 3.05) is 0 Å². The van der Waals surface area contributed by atoms with Gasteiger partial charge in [0.2, 0.25) is 0 Å². The van der Waals surface area contributed by atoms with E-state index in [1.54, 1.807) is 0 Å². The Morgan fingerprint density at radius 2 is 2.00 bits per heavy atom. The van der Waals surface area contributed by atoms with Crippen molar-refractivity contribution >= 4 is 11.5 Å². The maximum absolute atomic E-state index is 12.6. The second-order valence-corrected chi connectivity index (χ2v) is 9.12. The number of nitrogens with zero attached hydrogens (tertiary/aromatic N) is 4. The molecule has 1 aromatic carbocycles. The van der Waals surface area contributed by atoms with Crippen LogP contribution in [0.4, 0.5) is 0 Å². The van der Waals surface area contributed by atoms with Crippen LogP contribution in [0.25, 0.3) is 5.57 Å². The van der Waals surface area contributed by atoms with Crippen LogP contribution in [0.3, 0.4) is 0 Å². The number of aliphatic carboxylic acids is 1. The van der Waals surface area contributed by atoms with Crippen molar-refractivity contribution < 1.29 is 9.90 Å². The van der Waals surface area contributed by atoms with Crippen molar-refractivity contribution in [2.45, 2.75) is 57.9 Å². The third-order valence-electron chi connectivity index (χ3n) is 6.31. The second kappa shape index (κ2) is 8.77. The van der Waals surface area contributed by atoms with Gasteiger partial charge in [0.1, 0.15) is 0 Å². The SMILES string of the molecule is Cc1cc(/C(=C\C2CC2)c2ccc(C3CC3)c(=O)[nH]2)ccc1CCc1nnn(CC(=O)O)n1. The molecule has 0 bridgehead atoms. The molecule has 8 nitrogen and oxygen atoms in total. The van der Waals surface area contributed by atoms with E-state index in [1.165, 1.54) is 18.4 Å². The molecule has 0 spiro atoms. The molecule has 170 valence electrons. The quantitative estimate of drug-likeness (QED) is 0.523. The Bertz CT molecular complexity index is 1280. The zero-order valence-electron chi connectivity index (χ0n) is 18.6. The lowest BCUT2D eigenvalue weighted by molar-refractivity contribution is -0.138. The van der Waals surface area contributed by atoms with Crippen molar-refractivity contribution in [2.24, 2.45) is 5.92 Å². The highest BCUT2D eigenvalue weighted by Crippen LogP contribution is 2.39. The molecule has 2 heterocycles. The number of aromatic nitrogens is 5. The molecular formula is C25H27N5O3. The number of pyridine rings is 1. The molecule has 2 saturated carbocycles. The van der Waals surface area contributed by atoms with Crippen molar-refractivity contribution in [3.05, 3.63) is 80.5 Å². The van der Waals surface area contributed by atoms with Crippen molar-refractivity contribution in [3.63, 3.8) is 0 Å². The number of rotatable bonds is 9. The summed E-state index contributed by atoms with van der Waals surface area (Å²) in [6.07, 6.45) is 8.22. The summed E-state index contributed by atoms with van der Waals surface area (Å²) in [5, 5.41) is 20.7. The number of hydrogen-bond donors (Lipinski definition) is 2. The summed E-state index contributed by atoms with van der Waals surface area (Å²) >= 11 is 0. The highest BCUT2D eigenvalue weighted by molar-refractivity contribution is 5.78. The van der Waals surface area contributed by atoms with E-state index in [0.29, 0.717) is 24.1 Å². The van der Waals surface area contributed by atoms with Gasteiger partial charge in [0, 0.05) is 23.3 Å². The molecule has 0 unspecified atom stereocenters. The molecule has 2 fully saturated rings. The molecule has 0 aliphatic heterocycles. The van der Waals surface area contributed by atoms with E-state index in [4.69, 9.17) is 5.11 Å². The minimum absolute atomic E-state index is 0.0356. The van der Waals surface area contributed by atoms with Crippen molar-refractivity contribution in [1.82, 2.24) is 25.2 Å². The fourth-order valence-electron chi connectivity index (χ4n) is 4.15. The van der Waals surface area contributed by atoms with E-state index in [1.807, 2.05) is 6.07 Å². The Hall–Kier alpha value is -3.55. The molecule has 2 aliphatic carbocycles. The number of carbonyl (C=O) groups is 1. The lowest BCUT2D eigenvalue weighted by atomic mass is 9.94. The number of aryl methyl sites for hydroxylation is 3. The Morgan fingerprint density at radius 3 is 2.67 bits per heavy atom. The molecule has 33 heavy (non-hydrogen) atoms. The molecule has 0 atom stereocenters. The van der Waals surface area contributed by atoms with Gasteiger partial charge in [-0.15, -0.1) is 10.2 Å². The van der Waals surface area contributed by atoms with E-state index in [0.717, 1.165) is 52.0 Å². The fourth-order valence-corrected chi connectivity index (χ4v) is 4.15. The van der Waals surface area contributed by atoms with Crippen LogP contribution in [0.1, 0.15) is 65.4 Å². The standard InChI is InChI=1S/C25H27N5O3/c1-15-12-19(7-4-17(15)8-11-23-27-29-30(28-23)14-24(31)32)21(13-16-2-3-16)22-10-9-20(18-5-6-18)25(33)26-22/h4,7,9-10,12-13,16,18H,2-3,5-6,8,11,14H2,1H3,(H,26,33)(H,31,32)/b21-13+. The molecule has 2 aliphatic rings. The molecular weight excluding hydrogens is 418 g/mol. The second-order valence-electron chi connectivity index (χ2n) is 9.12. The maximum atomic E-state index is 12.6. The number of allylic oxidation sites excluding steroid dienone is 1. The van der Waals surface area contributed by atoms with Gasteiger partial charge in [0.15, 0.2) is 12.4 Å². The fraction of sp³-hybridized carbons (Fsp3) is 0.400. The first-order chi connectivity index (χ1) is 16.0. The molecule has 2 aromatic heterocycles. The van der Waals surface area contributed by atoms with E-state index < -0.39 is 5.97 Å². The number of carboxylic acid groups (broad SMARTS) is 1. The molecule has 8 heteroatoms. The zero-order chi connectivity index (χ0) is 22.9. The van der Waals surface area contributed by atoms with Gasteiger partial charge in [0.05, 0.1) is 0 Å². The summed E-state index contributed by atoms with van der Waals surface area (Å²) in [7, 11) is 0. The van der Waals surface area contributed by atoms with Gasteiger partial charge in [-0.1, -0.05) is 30.3 Å². The Labute approximate surface area is 191 Å². The van der Waals surface area contributed by atoms with Crippen LogP contribution in [-0.2, 0) is 24.2 Å². The average molecular weight is 446 g/mol. The lowest BCUT2D eigenvalue weighted by Crippen LogP contribution is -2.13. The topological polar surface area (TPSA) is 114 Å². The summed E-state index contributed by atoms with van der Waals surface area (Å²) in [6, 6.07) is 10.4.